The molecular formula is C20H16BrN3O3S2. The maximum absolute atomic E-state index is 5.78. The van der Waals surface area contributed by atoms with Crippen LogP contribution >= 0.6 is 39.0 Å². The minimum absolute atomic E-state index is 0.490. The highest BCUT2D eigenvalue weighted by Crippen LogP contribution is 2.35. The molecule has 0 bridgehead atoms. The van der Waals surface area contributed by atoms with Crippen LogP contribution in [0, 0.1) is 0 Å². The molecule has 0 spiro atoms. The van der Waals surface area contributed by atoms with Gasteiger partial charge in [0.1, 0.15) is 5.01 Å². The summed E-state index contributed by atoms with van der Waals surface area (Å²) in [5, 5.41) is 11.7. The average molecular weight is 490 g/mol. The number of thioether (sulfide) groups is 1. The first-order valence-corrected chi connectivity index (χ1v) is 11.2. The van der Waals surface area contributed by atoms with Crippen LogP contribution in [-0.4, -0.2) is 29.4 Å². The van der Waals surface area contributed by atoms with Crippen molar-refractivity contribution in [1.29, 1.82) is 0 Å². The second-order valence-electron chi connectivity index (χ2n) is 5.86. The lowest BCUT2D eigenvalue weighted by Crippen LogP contribution is -1.90. The maximum atomic E-state index is 5.78. The van der Waals surface area contributed by atoms with Crippen molar-refractivity contribution in [2.24, 2.45) is 0 Å². The summed E-state index contributed by atoms with van der Waals surface area (Å²) in [6.07, 6.45) is 0. The first-order valence-electron chi connectivity index (χ1n) is 8.56. The van der Waals surface area contributed by atoms with Gasteiger partial charge in [0.25, 0.3) is 5.22 Å². The van der Waals surface area contributed by atoms with Gasteiger partial charge in [0.05, 0.1) is 25.5 Å². The third kappa shape index (κ3) is 4.47. The predicted octanol–water partition coefficient (Wildman–Crippen LogP) is 5.93. The van der Waals surface area contributed by atoms with E-state index in [1.54, 1.807) is 25.6 Å². The number of rotatable bonds is 7. The Hall–Kier alpha value is -2.36. The molecule has 2 aromatic carbocycles. The zero-order chi connectivity index (χ0) is 20.2. The van der Waals surface area contributed by atoms with Gasteiger partial charge in [0.2, 0.25) is 5.89 Å². The van der Waals surface area contributed by atoms with E-state index in [9.17, 15) is 0 Å². The van der Waals surface area contributed by atoms with Gasteiger partial charge >= 0.3 is 0 Å². The topological polar surface area (TPSA) is 70.3 Å². The largest absolute Gasteiger partial charge is 0.493 e. The molecule has 0 radical (unpaired) electrons. The summed E-state index contributed by atoms with van der Waals surface area (Å²) in [5.74, 6) is 2.51. The van der Waals surface area contributed by atoms with E-state index in [-0.39, 0.29) is 0 Å². The van der Waals surface area contributed by atoms with Gasteiger partial charge in [-0.15, -0.1) is 21.5 Å². The third-order valence-corrected chi connectivity index (χ3v) is 6.52. The van der Waals surface area contributed by atoms with Crippen LogP contribution in [0.3, 0.4) is 0 Å². The SMILES string of the molecule is COc1ccc(-c2nc(CSc3nnc(-c4ccccc4Br)o3)cs2)cc1OC. The van der Waals surface area contributed by atoms with Crippen LogP contribution in [0.1, 0.15) is 5.69 Å². The van der Waals surface area contributed by atoms with Crippen LogP contribution in [0.5, 0.6) is 11.5 Å². The lowest BCUT2D eigenvalue weighted by Gasteiger charge is -2.08. The summed E-state index contributed by atoms with van der Waals surface area (Å²) in [4.78, 5) is 4.71. The highest BCUT2D eigenvalue weighted by atomic mass is 79.9. The molecule has 0 N–H and O–H groups in total. The van der Waals surface area contributed by atoms with Crippen molar-refractivity contribution >= 4 is 39.0 Å². The van der Waals surface area contributed by atoms with Crippen LogP contribution in [0.25, 0.3) is 22.0 Å². The van der Waals surface area contributed by atoms with Crippen LogP contribution in [0.4, 0.5) is 0 Å². The molecule has 0 saturated heterocycles. The maximum Gasteiger partial charge on any atom is 0.277 e. The molecule has 0 aliphatic carbocycles. The van der Waals surface area contributed by atoms with Crippen molar-refractivity contribution in [3.8, 4) is 33.5 Å². The minimum atomic E-state index is 0.490. The zero-order valence-corrected chi connectivity index (χ0v) is 18.8. The normalized spacial score (nSPS) is 10.9. The van der Waals surface area contributed by atoms with E-state index < -0.39 is 0 Å². The Labute approximate surface area is 184 Å². The number of ether oxygens (including phenoxy) is 2. The Balaban J connectivity index is 1.45. The number of nitrogens with zero attached hydrogens (tertiary/aromatic N) is 3. The van der Waals surface area contributed by atoms with E-state index in [2.05, 4.69) is 26.1 Å². The van der Waals surface area contributed by atoms with E-state index in [0.717, 1.165) is 26.3 Å². The average Bonchev–Trinajstić information content (AvgIpc) is 3.42. The summed E-state index contributed by atoms with van der Waals surface area (Å²) < 4.78 is 17.4. The first-order chi connectivity index (χ1) is 14.2. The van der Waals surface area contributed by atoms with Gasteiger partial charge in [0.15, 0.2) is 11.5 Å². The van der Waals surface area contributed by atoms with Crippen LogP contribution in [-0.2, 0) is 5.75 Å². The molecule has 0 aliphatic heterocycles. The quantitative estimate of drug-likeness (QED) is 0.297. The van der Waals surface area contributed by atoms with Crippen LogP contribution in [0.15, 0.2) is 62.0 Å². The lowest BCUT2D eigenvalue weighted by molar-refractivity contribution is 0.355. The molecular weight excluding hydrogens is 474 g/mol. The van der Waals surface area contributed by atoms with Crippen LogP contribution < -0.4 is 9.47 Å². The molecule has 4 aromatic rings. The number of benzene rings is 2. The molecule has 0 aliphatic rings. The highest BCUT2D eigenvalue weighted by molar-refractivity contribution is 9.10. The van der Waals surface area contributed by atoms with E-state index in [4.69, 9.17) is 18.9 Å². The van der Waals surface area contributed by atoms with Gasteiger partial charge in [-0.05, 0) is 46.3 Å². The van der Waals surface area contributed by atoms with Crippen molar-refractivity contribution in [3.63, 3.8) is 0 Å². The number of hydrogen-bond acceptors (Lipinski definition) is 8. The van der Waals surface area contributed by atoms with E-state index in [0.29, 0.717) is 28.4 Å². The van der Waals surface area contributed by atoms with E-state index in [1.165, 1.54) is 11.8 Å². The van der Waals surface area contributed by atoms with Crippen molar-refractivity contribution in [1.82, 2.24) is 15.2 Å². The lowest BCUT2D eigenvalue weighted by atomic mass is 10.2. The van der Waals surface area contributed by atoms with Crippen molar-refractivity contribution in [3.05, 3.63) is 58.0 Å². The number of aromatic nitrogens is 3. The highest BCUT2D eigenvalue weighted by Gasteiger charge is 2.13. The molecule has 0 saturated carbocycles. The Bertz CT molecular complexity index is 1130. The van der Waals surface area contributed by atoms with Gasteiger partial charge < -0.3 is 13.9 Å². The monoisotopic (exact) mass is 489 g/mol. The second kappa shape index (κ2) is 8.98. The number of thiazole rings is 1. The molecule has 0 unspecified atom stereocenters. The number of methoxy groups -OCH3 is 2. The van der Waals surface area contributed by atoms with Crippen molar-refractivity contribution < 1.29 is 13.9 Å². The van der Waals surface area contributed by atoms with E-state index in [1.807, 2.05) is 47.8 Å². The smallest absolute Gasteiger partial charge is 0.277 e. The number of hydrogen-bond donors (Lipinski definition) is 0. The molecule has 2 aromatic heterocycles. The van der Waals surface area contributed by atoms with Gasteiger partial charge in [-0.25, -0.2) is 4.98 Å². The van der Waals surface area contributed by atoms with E-state index >= 15 is 0 Å². The summed E-state index contributed by atoms with van der Waals surface area (Å²) in [6.45, 7) is 0. The summed E-state index contributed by atoms with van der Waals surface area (Å²) in [7, 11) is 3.24. The van der Waals surface area contributed by atoms with Gasteiger partial charge in [-0.1, -0.05) is 23.9 Å². The fourth-order valence-electron chi connectivity index (χ4n) is 2.62. The molecule has 29 heavy (non-hydrogen) atoms. The molecule has 148 valence electrons. The number of halogens is 1. The molecule has 0 amide bonds. The van der Waals surface area contributed by atoms with Gasteiger partial charge in [0, 0.05) is 21.2 Å². The Morgan fingerprint density at radius 1 is 1.07 bits per heavy atom. The van der Waals surface area contributed by atoms with Gasteiger partial charge in [-0.3, -0.25) is 0 Å². The fourth-order valence-corrected chi connectivity index (χ4v) is 4.65. The summed E-state index contributed by atoms with van der Waals surface area (Å²) in [6, 6.07) is 13.5. The second-order valence-corrected chi connectivity index (χ2v) is 8.49. The third-order valence-electron chi connectivity index (χ3n) is 4.04. The standard InChI is InChI=1S/C20H16BrN3O3S2/c1-25-16-8-7-12(9-17(16)26-2)19-22-13(10-28-19)11-29-20-24-23-18(27-20)14-5-3-4-6-15(14)21/h3-10H,11H2,1-2H3. The molecule has 2 heterocycles. The molecule has 0 atom stereocenters. The Morgan fingerprint density at radius 3 is 2.69 bits per heavy atom. The van der Waals surface area contributed by atoms with Crippen molar-refractivity contribution in [2.75, 3.05) is 14.2 Å². The summed E-state index contributed by atoms with van der Waals surface area (Å²) in [5.41, 5.74) is 2.81. The minimum Gasteiger partial charge on any atom is -0.493 e. The zero-order valence-electron chi connectivity index (χ0n) is 15.6. The molecule has 4 rings (SSSR count). The molecule has 6 nitrogen and oxygen atoms in total. The fraction of sp³-hybridized carbons (Fsp3) is 0.150. The first kappa shape index (κ1) is 19.9. The molecule has 9 heteroatoms. The molecule has 0 fully saturated rings. The Kier molecular flexibility index (Phi) is 6.17. The van der Waals surface area contributed by atoms with Gasteiger partial charge in [-0.2, -0.15) is 0 Å². The summed E-state index contributed by atoms with van der Waals surface area (Å²) >= 11 is 6.54. The Morgan fingerprint density at radius 2 is 1.90 bits per heavy atom. The predicted molar refractivity (Wildman–Crippen MR) is 118 cm³/mol. The van der Waals surface area contributed by atoms with Crippen LogP contribution in [0.2, 0.25) is 0 Å². The van der Waals surface area contributed by atoms with Crippen molar-refractivity contribution in [2.45, 2.75) is 11.0 Å².